The van der Waals surface area contributed by atoms with Gasteiger partial charge in [0.25, 0.3) is 0 Å². The molecule has 4 nitrogen and oxygen atoms in total. The predicted octanol–water partition coefficient (Wildman–Crippen LogP) is 2.20. The normalized spacial score (nSPS) is 12.3. The lowest BCUT2D eigenvalue weighted by Crippen LogP contribution is -2.43. The second kappa shape index (κ2) is 7.90. The maximum absolute atomic E-state index is 12.0. The molecule has 1 aromatic rings. The highest BCUT2D eigenvalue weighted by Crippen LogP contribution is 2.18. The zero-order chi connectivity index (χ0) is 15.1. The van der Waals surface area contributed by atoms with Crippen LogP contribution in [0.15, 0.2) is 18.2 Å². The first-order chi connectivity index (χ1) is 9.43. The van der Waals surface area contributed by atoms with Crippen molar-refractivity contribution in [3.8, 4) is 0 Å². The van der Waals surface area contributed by atoms with Gasteiger partial charge in [0.2, 0.25) is 5.91 Å². The van der Waals surface area contributed by atoms with Gasteiger partial charge in [0.1, 0.15) is 0 Å². The van der Waals surface area contributed by atoms with Gasteiger partial charge in [0.15, 0.2) is 0 Å². The second-order valence-corrected chi connectivity index (χ2v) is 5.75. The zero-order valence-electron chi connectivity index (χ0n) is 13.0. The number of anilines is 1. The summed E-state index contributed by atoms with van der Waals surface area (Å²) in [6.07, 6.45) is 0.908. The highest BCUT2D eigenvalue weighted by molar-refractivity contribution is 5.81. The zero-order valence-corrected chi connectivity index (χ0v) is 13.0. The Morgan fingerprint density at radius 3 is 2.35 bits per heavy atom. The van der Waals surface area contributed by atoms with Crippen LogP contribution in [-0.2, 0) is 4.79 Å². The molecule has 0 saturated heterocycles. The van der Waals surface area contributed by atoms with E-state index in [0.29, 0.717) is 12.5 Å². The van der Waals surface area contributed by atoms with Gasteiger partial charge in [0.05, 0.1) is 6.54 Å². The molecule has 20 heavy (non-hydrogen) atoms. The van der Waals surface area contributed by atoms with E-state index in [1.165, 1.54) is 0 Å². The number of aryl methyl sites for hydroxylation is 2. The van der Waals surface area contributed by atoms with Crippen molar-refractivity contribution in [2.45, 2.75) is 40.2 Å². The third-order valence-electron chi connectivity index (χ3n) is 3.31. The molecule has 0 saturated carbocycles. The van der Waals surface area contributed by atoms with Crippen LogP contribution < -0.4 is 16.4 Å². The molecule has 4 N–H and O–H groups in total. The smallest absolute Gasteiger partial charge is 0.239 e. The summed E-state index contributed by atoms with van der Waals surface area (Å²) >= 11 is 0. The van der Waals surface area contributed by atoms with Crippen LogP contribution in [0.25, 0.3) is 0 Å². The van der Waals surface area contributed by atoms with E-state index in [9.17, 15) is 4.79 Å². The maximum atomic E-state index is 12.0. The number of nitrogens with one attached hydrogen (secondary N) is 2. The Hall–Kier alpha value is -1.55. The average Bonchev–Trinajstić information content (AvgIpc) is 2.36. The molecule has 4 heteroatoms. The second-order valence-electron chi connectivity index (χ2n) is 5.75. The number of para-hydroxylation sites is 1. The van der Waals surface area contributed by atoms with E-state index in [1.54, 1.807) is 0 Å². The SMILES string of the molecule is Cc1cccc(C)c1NCC(=O)NC(CN)CC(C)C. The fourth-order valence-electron chi connectivity index (χ4n) is 2.32. The summed E-state index contributed by atoms with van der Waals surface area (Å²) in [7, 11) is 0. The molecule has 1 aromatic carbocycles. The molecular weight excluding hydrogens is 250 g/mol. The Bertz CT molecular complexity index is 423. The van der Waals surface area contributed by atoms with Gasteiger partial charge in [-0.25, -0.2) is 0 Å². The van der Waals surface area contributed by atoms with E-state index in [0.717, 1.165) is 23.2 Å². The first kappa shape index (κ1) is 16.5. The van der Waals surface area contributed by atoms with Crippen LogP contribution in [0.2, 0.25) is 0 Å². The van der Waals surface area contributed by atoms with E-state index in [4.69, 9.17) is 5.73 Å². The van der Waals surface area contributed by atoms with E-state index < -0.39 is 0 Å². The van der Waals surface area contributed by atoms with E-state index in [-0.39, 0.29) is 18.5 Å². The first-order valence-corrected chi connectivity index (χ1v) is 7.23. The molecule has 1 unspecified atom stereocenters. The van der Waals surface area contributed by atoms with Crippen LogP contribution in [0, 0.1) is 19.8 Å². The number of hydrogen-bond donors (Lipinski definition) is 3. The van der Waals surface area contributed by atoms with Crippen molar-refractivity contribution in [1.29, 1.82) is 0 Å². The summed E-state index contributed by atoms with van der Waals surface area (Å²) in [6, 6.07) is 6.15. The first-order valence-electron chi connectivity index (χ1n) is 7.23. The molecule has 1 atom stereocenters. The largest absolute Gasteiger partial charge is 0.376 e. The Kier molecular flexibility index (Phi) is 6.52. The fraction of sp³-hybridized carbons (Fsp3) is 0.562. The van der Waals surface area contributed by atoms with Crippen LogP contribution in [0.1, 0.15) is 31.4 Å². The maximum Gasteiger partial charge on any atom is 0.239 e. The molecule has 0 bridgehead atoms. The highest BCUT2D eigenvalue weighted by Gasteiger charge is 2.12. The standard InChI is InChI=1S/C16H27N3O/c1-11(2)8-14(9-17)19-15(20)10-18-16-12(3)6-5-7-13(16)4/h5-7,11,14,18H,8-10,17H2,1-4H3,(H,19,20). The van der Waals surface area contributed by atoms with E-state index in [2.05, 4.69) is 24.5 Å². The van der Waals surface area contributed by atoms with Crippen molar-refractivity contribution in [1.82, 2.24) is 5.32 Å². The minimum absolute atomic E-state index is 0.0104. The summed E-state index contributed by atoms with van der Waals surface area (Å²) in [5.41, 5.74) is 9.02. The topological polar surface area (TPSA) is 67.2 Å². The van der Waals surface area contributed by atoms with Crippen molar-refractivity contribution < 1.29 is 4.79 Å². The highest BCUT2D eigenvalue weighted by atomic mass is 16.1. The van der Waals surface area contributed by atoms with Crippen molar-refractivity contribution in [3.05, 3.63) is 29.3 Å². The van der Waals surface area contributed by atoms with Gasteiger partial charge in [-0.05, 0) is 37.3 Å². The van der Waals surface area contributed by atoms with Gasteiger partial charge in [-0.3, -0.25) is 4.79 Å². The minimum Gasteiger partial charge on any atom is -0.376 e. The lowest BCUT2D eigenvalue weighted by molar-refractivity contribution is -0.120. The predicted molar refractivity (Wildman–Crippen MR) is 84.8 cm³/mol. The number of nitrogens with two attached hydrogens (primary N) is 1. The Balaban J connectivity index is 2.51. The van der Waals surface area contributed by atoms with Gasteiger partial charge in [-0.2, -0.15) is 0 Å². The molecule has 0 fully saturated rings. The van der Waals surface area contributed by atoms with Crippen LogP contribution >= 0.6 is 0 Å². The minimum atomic E-state index is -0.0104. The third-order valence-corrected chi connectivity index (χ3v) is 3.31. The average molecular weight is 277 g/mol. The summed E-state index contributed by atoms with van der Waals surface area (Å²) in [6.45, 7) is 9.09. The van der Waals surface area contributed by atoms with Gasteiger partial charge < -0.3 is 16.4 Å². The number of amides is 1. The van der Waals surface area contributed by atoms with Crippen LogP contribution in [0.5, 0.6) is 0 Å². The van der Waals surface area contributed by atoms with Crippen LogP contribution in [-0.4, -0.2) is 25.0 Å². The number of carbonyl (C=O) groups excluding carboxylic acids is 1. The number of carbonyl (C=O) groups is 1. The lowest BCUT2D eigenvalue weighted by atomic mass is 10.0. The van der Waals surface area contributed by atoms with Crippen LogP contribution in [0.4, 0.5) is 5.69 Å². The molecular formula is C16H27N3O. The molecule has 1 rings (SSSR count). The summed E-state index contributed by atoms with van der Waals surface area (Å²) in [5.74, 6) is 0.513. The van der Waals surface area contributed by atoms with Gasteiger partial charge in [0, 0.05) is 18.3 Å². The number of hydrogen-bond acceptors (Lipinski definition) is 3. The molecule has 1 amide bonds. The fourth-order valence-corrected chi connectivity index (χ4v) is 2.32. The van der Waals surface area contributed by atoms with Gasteiger partial charge in [-0.15, -0.1) is 0 Å². The van der Waals surface area contributed by atoms with E-state index >= 15 is 0 Å². The molecule has 0 aliphatic carbocycles. The Morgan fingerprint density at radius 1 is 1.25 bits per heavy atom. The molecule has 0 aromatic heterocycles. The van der Waals surface area contributed by atoms with Crippen molar-refractivity contribution in [2.75, 3.05) is 18.4 Å². The van der Waals surface area contributed by atoms with Gasteiger partial charge >= 0.3 is 0 Å². The number of rotatable bonds is 7. The van der Waals surface area contributed by atoms with Gasteiger partial charge in [-0.1, -0.05) is 32.0 Å². The molecule has 0 heterocycles. The Labute approximate surface area is 122 Å². The van der Waals surface area contributed by atoms with Crippen molar-refractivity contribution >= 4 is 11.6 Å². The molecule has 112 valence electrons. The molecule has 0 radical (unpaired) electrons. The molecule has 0 spiro atoms. The summed E-state index contributed by atoms with van der Waals surface area (Å²) in [4.78, 5) is 12.0. The number of benzene rings is 1. The third kappa shape index (κ3) is 5.21. The van der Waals surface area contributed by atoms with Crippen LogP contribution in [0.3, 0.4) is 0 Å². The van der Waals surface area contributed by atoms with Crippen molar-refractivity contribution in [3.63, 3.8) is 0 Å². The summed E-state index contributed by atoms with van der Waals surface area (Å²) in [5, 5.41) is 6.19. The van der Waals surface area contributed by atoms with Crippen molar-refractivity contribution in [2.24, 2.45) is 11.7 Å². The Morgan fingerprint density at radius 2 is 1.85 bits per heavy atom. The monoisotopic (exact) mass is 277 g/mol. The quantitative estimate of drug-likeness (QED) is 0.716. The molecule has 0 aliphatic heterocycles. The van der Waals surface area contributed by atoms with E-state index in [1.807, 2.05) is 32.0 Å². The lowest BCUT2D eigenvalue weighted by Gasteiger charge is -2.19. The molecule has 0 aliphatic rings. The summed E-state index contributed by atoms with van der Waals surface area (Å²) < 4.78 is 0.